The molecule has 0 aliphatic carbocycles. The molecule has 2 amide bonds. The van der Waals surface area contributed by atoms with Gasteiger partial charge in [0.2, 0.25) is 5.91 Å². The average Bonchev–Trinajstić information content (AvgIpc) is 3.02. The van der Waals surface area contributed by atoms with Gasteiger partial charge in [0.25, 0.3) is 5.91 Å². The van der Waals surface area contributed by atoms with E-state index in [1.165, 1.54) is 0 Å². The molecule has 3 rings (SSSR count). The number of hydrogen-bond donors (Lipinski definition) is 0. The number of rotatable bonds is 4. The van der Waals surface area contributed by atoms with Crippen LogP contribution >= 0.6 is 0 Å². The molecule has 1 aromatic heterocycles. The molecule has 0 saturated carbocycles. The maximum atomic E-state index is 13.1. The Morgan fingerprint density at radius 3 is 2.73 bits per heavy atom. The molecule has 1 aliphatic heterocycles. The summed E-state index contributed by atoms with van der Waals surface area (Å²) in [5, 5.41) is 3.84. The fraction of sp³-hybridized carbons (Fsp3) is 0.421. The van der Waals surface area contributed by atoms with Crippen LogP contribution < -0.4 is 0 Å². The number of likely N-dealkylation sites (N-methyl/N-ethyl adjacent to an activating group) is 2. The van der Waals surface area contributed by atoms with Crippen molar-refractivity contribution in [3.8, 4) is 0 Å². The molecule has 0 unspecified atom stereocenters. The first-order valence-corrected chi connectivity index (χ1v) is 8.48. The Hall–Kier alpha value is -2.67. The molecule has 0 bridgehead atoms. The monoisotopic (exact) mass is 357 g/mol. The van der Waals surface area contributed by atoms with Crippen molar-refractivity contribution in [2.45, 2.75) is 32.5 Å². The molecular formula is C19H23N3O4. The fourth-order valence-electron chi connectivity index (χ4n) is 3.23. The third kappa shape index (κ3) is 3.48. The van der Waals surface area contributed by atoms with Gasteiger partial charge in [0.15, 0.2) is 11.9 Å². The summed E-state index contributed by atoms with van der Waals surface area (Å²) in [7, 11) is 3.40. The molecule has 1 aromatic carbocycles. The van der Waals surface area contributed by atoms with Gasteiger partial charge in [-0.2, -0.15) is 0 Å². The second kappa shape index (κ2) is 7.29. The molecule has 2 atom stereocenters. The number of ether oxygens (including phenoxy) is 1. The Labute approximate surface area is 152 Å². The molecular weight excluding hydrogens is 334 g/mol. The summed E-state index contributed by atoms with van der Waals surface area (Å²) < 4.78 is 10.9. The number of carbonyl (C=O) groups excluding carboxylic acids is 2. The molecule has 7 heteroatoms. The minimum atomic E-state index is -0.771. The maximum absolute atomic E-state index is 13.1. The molecule has 2 heterocycles. The van der Waals surface area contributed by atoms with Crippen molar-refractivity contribution in [1.82, 2.24) is 15.0 Å². The van der Waals surface area contributed by atoms with Gasteiger partial charge in [0, 0.05) is 20.2 Å². The van der Waals surface area contributed by atoms with Crippen LogP contribution in [0.25, 0.3) is 0 Å². The summed E-state index contributed by atoms with van der Waals surface area (Å²) in [6.45, 7) is 3.97. The highest BCUT2D eigenvalue weighted by molar-refractivity contribution is 5.86. The van der Waals surface area contributed by atoms with E-state index in [-0.39, 0.29) is 25.0 Å². The van der Waals surface area contributed by atoms with Crippen molar-refractivity contribution in [3.05, 3.63) is 52.9 Å². The maximum Gasteiger partial charge on any atom is 0.254 e. The number of aromatic nitrogens is 1. The molecule has 0 radical (unpaired) electrons. The van der Waals surface area contributed by atoms with Crippen LogP contribution in [0.3, 0.4) is 0 Å². The van der Waals surface area contributed by atoms with E-state index in [0.717, 1.165) is 16.8 Å². The quantitative estimate of drug-likeness (QED) is 0.835. The van der Waals surface area contributed by atoms with Crippen LogP contribution in [-0.2, 0) is 20.9 Å². The van der Waals surface area contributed by atoms with Crippen LogP contribution in [0.2, 0.25) is 0 Å². The lowest BCUT2D eigenvalue weighted by atomic mass is 9.93. The largest absolute Gasteiger partial charge is 0.359 e. The van der Waals surface area contributed by atoms with Gasteiger partial charge in [-0.25, -0.2) is 0 Å². The number of amides is 2. The third-order valence-electron chi connectivity index (χ3n) is 4.68. The van der Waals surface area contributed by atoms with Crippen LogP contribution in [0.15, 0.2) is 34.9 Å². The van der Waals surface area contributed by atoms with E-state index >= 15 is 0 Å². The summed E-state index contributed by atoms with van der Waals surface area (Å²) in [5.74, 6) is 0.258. The first kappa shape index (κ1) is 18.1. The molecule has 26 heavy (non-hydrogen) atoms. The molecule has 2 aromatic rings. The number of benzene rings is 1. The smallest absolute Gasteiger partial charge is 0.254 e. The SMILES string of the molecule is Cc1cc(CN(C)C(=O)[C@H]2OCC(=O)N(C)[C@@H]2c2ccccc2C)on1. The Balaban J connectivity index is 1.86. The van der Waals surface area contributed by atoms with Crippen molar-refractivity contribution in [3.63, 3.8) is 0 Å². The second-order valence-corrected chi connectivity index (χ2v) is 6.67. The lowest BCUT2D eigenvalue weighted by Crippen LogP contribution is -2.53. The van der Waals surface area contributed by atoms with Gasteiger partial charge in [-0.15, -0.1) is 0 Å². The predicted molar refractivity (Wildman–Crippen MR) is 94.1 cm³/mol. The third-order valence-corrected chi connectivity index (χ3v) is 4.68. The van der Waals surface area contributed by atoms with Crippen LogP contribution in [0, 0.1) is 13.8 Å². The van der Waals surface area contributed by atoms with Crippen molar-refractivity contribution < 1.29 is 18.8 Å². The fourth-order valence-corrected chi connectivity index (χ4v) is 3.23. The van der Waals surface area contributed by atoms with E-state index < -0.39 is 12.1 Å². The second-order valence-electron chi connectivity index (χ2n) is 6.67. The molecule has 138 valence electrons. The summed E-state index contributed by atoms with van der Waals surface area (Å²) in [5.41, 5.74) is 2.68. The first-order chi connectivity index (χ1) is 12.4. The average molecular weight is 357 g/mol. The Kier molecular flexibility index (Phi) is 5.08. The Bertz CT molecular complexity index is 817. The molecule has 1 aliphatic rings. The summed E-state index contributed by atoms with van der Waals surface area (Å²) >= 11 is 0. The predicted octanol–water partition coefficient (Wildman–Crippen LogP) is 1.85. The molecule has 0 N–H and O–H groups in total. The molecule has 1 fully saturated rings. The number of hydrogen-bond acceptors (Lipinski definition) is 5. The van der Waals surface area contributed by atoms with Crippen molar-refractivity contribution in [2.24, 2.45) is 0 Å². The van der Waals surface area contributed by atoms with Crippen LogP contribution in [-0.4, -0.2) is 53.6 Å². The van der Waals surface area contributed by atoms with E-state index in [9.17, 15) is 9.59 Å². The van der Waals surface area contributed by atoms with E-state index in [4.69, 9.17) is 9.26 Å². The normalized spacial score (nSPS) is 20.3. The zero-order valence-electron chi connectivity index (χ0n) is 15.4. The van der Waals surface area contributed by atoms with Crippen molar-refractivity contribution >= 4 is 11.8 Å². The number of morpholine rings is 1. The first-order valence-electron chi connectivity index (χ1n) is 8.48. The topological polar surface area (TPSA) is 75.9 Å². The highest BCUT2D eigenvalue weighted by Crippen LogP contribution is 2.32. The lowest BCUT2D eigenvalue weighted by Gasteiger charge is -2.40. The van der Waals surface area contributed by atoms with Crippen molar-refractivity contribution in [2.75, 3.05) is 20.7 Å². The number of nitrogens with zero attached hydrogens (tertiary/aromatic N) is 3. The van der Waals surface area contributed by atoms with Crippen LogP contribution in [0.1, 0.15) is 28.6 Å². The highest BCUT2D eigenvalue weighted by Gasteiger charge is 2.41. The van der Waals surface area contributed by atoms with Gasteiger partial charge in [-0.05, 0) is 25.0 Å². The summed E-state index contributed by atoms with van der Waals surface area (Å²) in [6.07, 6.45) is -0.771. The van der Waals surface area contributed by atoms with Gasteiger partial charge < -0.3 is 19.1 Å². The van der Waals surface area contributed by atoms with Gasteiger partial charge in [-0.3, -0.25) is 9.59 Å². The minimum absolute atomic E-state index is 0.107. The highest BCUT2D eigenvalue weighted by atomic mass is 16.5. The van der Waals surface area contributed by atoms with E-state index in [1.807, 2.05) is 38.1 Å². The van der Waals surface area contributed by atoms with E-state index in [2.05, 4.69) is 5.16 Å². The van der Waals surface area contributed by atoms with Crippen LogP contribution in [0.4, 0.5) is 0 Å². The van der Waals surface area contributed by atoms with Gasteiger partial charge in [-0.1, -0.05) is 29.4 Å². The zero-order chi connectivity index (χ0) is 18.8. The molecule has 1 saturated heterocycles. The Morgan fingerprint density at radius 1 is 1.35 bits per heavy atom. The summed E-state index contributed by atoms with van der Waals surface area (Å²) in [6, 6.07) is 9.05. The van der Waals surface area contributed by atoms with Gasteiger partial charge in [0.05, 0.1) is 18.3 Å². The zero-order valence-corrected chi connectivity index (χ0v) is 15.4. The molecule has 0 spiro atoms. The summed E-state index contributed by atoms with van der Waals surface area (Å²) in [4.78, 5) is 28.4. The number of aryl methyl sites for hydroxylation is 2. The number of carbonyl (C=O) groups is 2. The standard InChI is InChI=1S/C19H23N3O4/c1-12-7-5-6-8-15(12)17-18(25-11-16(23)22(17)4)19(24)21(3)10-14-9-13(2)20-26-14/h5-9,17-18H,10-11H2,1-4H3/t17-,18+/m1/s1. The van der Waals surface area contributed by atoms with Gasteiger partial charge >= 0.3 is 0 Å². The van der Waals surface area contributed by atoms with E-state index in [1.54, 1.807) is 30.0 Å². The van der Waals surface area contributed by atoms with Gasteiger partial charge in [0.1, 0.15) is 6.61 Å². The van der Waals surface area contributed by atoms with Crippen molar-refractivity contribution in [1.29, 1.82) is 0 Å². The van der Waals surface area contributed by atoms with E-state index in [0.29, 0.717) is 5.76 Å². The lowest BCUT2D eigenvalue weighted by molar-refractivity contribution is -0.167. The van der Waals surface area contributed by atoms with Crippen LogP contribution in [0.5, 0.6) is 0 Å². The minimum Gasteiger partial charge on any atom is -0.359 e. The Morgan fingerprint density at radius 2 is 2.08 bits per heavy atom. The molecule has 7 nitrogen and oxygen atoms in total.